The Balaban J connectivity index is 2.52. The number of benzene rings is 1. The van der Waals surface area contributed by atoms with E-state index in [0.717, 1.165) is 17.7 Å². The van der Waals surface area contributed by atoms with Gasteiger partial charge >= 0.3 is 5.97 Å². The molecule has 1 amide bonds. The lowest BCUT2D eigenvalue weighted by molar-refractivity contribution is -0.131. The van der Waals surface area contributed by atoms with Gasteiger partial charge in [0.15, 0.2) is 5.78 Å². The number of hydrogen-bond acceptors (Lipinski definition) is 3. The molecule has 94 valence electrons. The molecule has 0 bridgehead atoms. The third kappa shape index (κ3) is 4.61. The normalized spacial score (nSPS) is 10.3. The largest absolute Gasteiger partial charge is 0.478 e. The highest BCUT2D eigenvalue weighted by molar-refractivity contribution is 6.01. The minimum Gasteiger partial charge on any atom is -0.478 e. The second-order valence-electron chi connectivity index (χ2n) is 3.69. The molecule has 18 heavy (non-hydrogen) atoms. The lowest BCUT2D eigenvalue weighted by atomic mass is 10.1. The summed E-state index contributed by atoms with van der Waals surface area (Å²) >= 11 is 0. The molecule has 0 saturated carbocycles. The van der Waals surface area contributed by atoms with Crippen molar-refractivity contribution in [2.45, 2.75) is 6.92 Å². The summed E-state index contributed by atoms with van der Waals surface area (Å²) in [5.41, 5.74) is 1.41. The predicted molar refractivity (Wildman–Crippen MR) is 65.3 cm³/mol. The van der Waals surface area contributed by atoms with E-state index in [-0.39, 0.29) is 12.5 Å². The topological polar surface area (TPSA) is 83.5 Å². The highest BCUT2D eigenvalue weighted by Crippen LogP contribution is 2.03. The van der Waals surface area contributed by atoms with E-state index in [4.69, 9.17) is 5.11 Å². The van der Waals surface area contributed by atoms with Crippen molar-refractivity contribution in [1.82, 2.24) is 5.32 Å². The number of amides is 1. The van der Waals surface area contributed by atoms with Crippen LogP contribution in [0.5, 0.6) is 0 Å². The molecular weight excluding hydrogens is 234 g/mol. The van der Waals surface area contributed by atoms with Gasteiger partial charge in [-0.1, -0.05) is 17.7 Å². The van der Waals surface area contributed by atoms with Crippen LogP contribution in [0, 0.1) is 6.92 Å². The average molecular weight is 247 g/mol. The molecule has 5 heteroatoms. The number of rotatable bonds is 5. The summed E-state index contributed by atoms with van der Waals surface area (Å²) in [5.74, 6) is -2.04. The highest BCUT2D eigenvalue weighted by atomic mass is 16.4. The minimum atomic E-state index is -1.20. The van der Waals surface area contributed by atoms with Gasteiger partial charge in [0.25, 0.3) is 5.91 Å². The maximum atomic E-state index is 11.6. The number of carboxylic acid groups (broad SMARTS) is 1. The molecular formula is C13H13NO4. The molecule has 0 atom stereocenters. The molecule has 2 N–H and O–H groups in total. The second-order valence-corrected chi connectivity index (χ2v) is 3.69. The Morgan fingerprint density at radius 3 is 2.61 bits per heavy atom. The Bertz CT molecular complexity index is 505. The smallest absolute Gasteiger partial charge is 0.328 e. The van der Waals surface area contributed by atoms with E-state index in [2.05, 4.69) is 5.32 Å². The molecule has 0 fully saturated rings. The van der Waals surface area contributed by atoms with Gasteiger partial charge < -0.3 is 10.4 Å². The molecule has 1 aromatic carbocycles. The van der Waals surface area contributed by atoms with E-state index in [1.54, 1.807) is 18.2 Å². The van der Waals surface area contributed by atoms with Crippen molar-refractivity contribution in [2.75, 3.05) is 6.54 Å². The van der Waals surface area contributed by atoms with Crippen molar-refractivity contribution in [3.05, 3.63) is 47.5 Å². The maximum absolute atomic E-state index is 11.6. The van der Waals surface area contributed by atoms with Gasteiger partial charge in [-0.3, -0.25) is 9.59 Å². The van der Waals surface area contributed by atoms with Crippen LogP contribution < -0.4 is 5.32 Å². The Morgan fingerprint density at radius 1 is 1.28 bits per heavy atom. The number of carbonyl (C=O) groups is 3. The number of carboxylic acids is 1. The first-order valence-electron chi connectivity index (χ1n) is 5.28. The molecule has 0 radical (unpaired) electrons. The average Bonchev–Trinajstić information content (AvgIpc) is 2.33. The minimum absolute atomic E-state index is 0.226. The van der Waals surface area contributed by atoms with Crippen molar-refractivity contribution >= 4 is 17.7 Å². The monoisotopic (exact) mass is 247 g/mol. The second kappa shape index (κ2) is 6.34. The number of aryl methyl sites for hydroxylation is 1. The van der Waals surface area contributed by atoms with E-state index in [0.29, 0.717) is 5.56 Å². The van der Waals surface area contributed by atoms with Gasteiger partial charge in [0.2, 0.25) is 0 Å². The molecule has 0 aromatic heterocycles. The van der Waals surface area contributed by atoms with Crippen LogP contribution in [-0.2, 0) is 9.59 Å². The Kier molecular flexibility index (Phi) is 4.80. The van der Waals surface area contributed by atoms with Gasteiger partial charge in [0.1, 0.15) is 0 Å². The highest BCUT2D eigenvalue weighted by Gasteiger charge is 2.06. The van der Waals surface area contributed by atoms with Crippen molar-refractivity contribution in [1.29, 1.82) is 0 Å². The molecule has 0 aliphatic rings. The van der Waals surface area contributed by atoms with Crippen LogP contribution in [0.1, 0.15) is 15.9 Å². The Labute approximate surface area is 104 Å². The molecule has 0 spiro atoms. The summed E-state index contributed by atoms with van der Waals surface area (Å²) < 4.78 is 0. The molecule has 0 saturated heterocycles. The van der Waals surface area contributed by atoms with Crippen molar-refractivity contribution in [2.24, 2.45) is 0 Å². The molecule has 0 unspecified atom stereocenters. The molecule has 0 aliphatic heterocycles. The van der Waals surface area contributed by atoms with Crippen molar-refractivity contribution < 1.29 is 19.5 Å². The number of hydrogen-bond donors (Lipinski definition) is 2. The summed E-state index contributed by atoms with van der Waals surface area (Å²) in [5, 5.41) is 10.7. The van der Waals surface area contributed by atoms with Gasteiger partial charge in [-0.15, -0.1) is 0 Å². The molecule has 1 rings (SSSR count). The Morgan fingerprint density at radius 2 is 2.00 bits per heavy atom. The fourth-order valence-corrected chi connectivity index (χ4v) is 1.28. The first-order valence-corrected chi connectivity index (χ1v) is 5.28. The number of carbonyl (C=O) groups excluding carboxylic acids is 2. The van der Waals surface area contributed by atoms with Crippen LogP contribution in [0.3, 0.4) is 0 Å². The molecule has 0 aliphatic carbocycles. The fourth-order valence-electron chi connectivity index (χ4n) is 1.28. The van der Waals surface area contributed by atoms with Crippen LogP contribution in [0.15, 0.2) is 36.4 Å². The number of aliphatic carboxylic acids is 1. The van der Waals surface area contributed by atoms with Gasteiger partial charge in [0, 0.05) is 11.6 Å². The van der Waals surface area contributed by atoms with Gasteiger partial charge in [-0.2, -0.15) is 0 Å². The lowest BCUT2D eigenvalue weighted by Gasteiger charge is -2.03. The molecule has 5 nitrogen and oxygen atoms in total. The number of nitrogens with one attached hydrogen (secondary N) is 1. The quantitative estimate of drug-likeness (QED) is 0.758. The van der Waals surface area contributed by atoms with E-state index in [9.17, 15) is 14.4 Å². The third-order valence-electron chi connectivity index (χ3n) is 2.12. The van der Waals surface area contributed by atoms with Crippen molar-refractivity contribution in [3.8, 4) is 0 Å². The predicted octanol–water partition coefficient (Wildman–Crippen LogP) is 0.935. The van der Waals surface area contributed by atoms with Crippen LogP contribution in [0.2, 0.25) is 0 Å². The van der Waals surface area contributed by atoms with Gasteiger partial charge in [0.05, 0.1) is 6.54 Å². The first-order chi connectivity index (χ1) is 8.49. The zero-order valence-corrected chi connectivity index (χ0v) is 9.84. The number of ketones is 1. The summed E-state index contributed by atoms with van der Waals surface area (Å²) in [6, 6.07) is 6.95. The van der Waals surface area contributed by atoms with E-state index < -0.39 is 11.8 Å². The lowest BCUT2D eigenvalue weighted by Crippen LogP contribution is -2.28. The zero-order chi connectivity index (χ0) is 13.5. The Hall–Kier alpha value is -2.43. The molecule has 0 heterocycles. The van der Waals surface area contributed by atoms with Crippen LogP contribution in [0.4, 0.5) is 0 Å². The van der Waals surface area contributed by atoms with Crippen LogP contribution >= 0.6 is 0 Å². The first kappa shape index (κ1) is 13.6. The maximum Gasteiger partial charge on any atom is 0.328 e. The SMILES string of the molecule is Cc1cccc(C(=O)NCC(=O)/C=C\C(=O)O)c1. The standard InChI is InChI=1S/C13H13NO4/c1-9-3-2-4-10(7-9)13(18)14-8-11(15)5-6-12(16)17/h2-7H,8H2,1H3,(H,14,18)(H,16,17)/b6-5-. The van der Waals surface area contributed by atoms with Crippen LogP contribution in [-0.4, -0.2) is 29.3 Å². The summed E-state index contributed by atoms with van der Waals surface area (Å²) in [4.78, 5) is 33.0. The van der Waals surface area contributed by atoms with E-state index >= 15 is 0 Å². The van der Waals surface area contributed by atoms with Crippen LogP contribution in [0.25, 0.3) is 0 Å². The zero-order valence-electron chi connectivity index (χ0n) is 9.84. The summed E-state index contributed by atoms with van der Waals surface area (Å²) in [7, 11) is 0. The van der Waals surface area contributed by atoms with Gasteiger partial charge in [-0.25, -0.2) is 4.79 Å². The van der Waals surface area contributed by atoms with Gasteiger partial charge in [-0.05, 0) is 25.1 Å². The fraction of sp³-hybridized carbons (Fsp3) is 0.154. The summed E-state index contributed by atoms with van der Waals surface area (Å²) in [6.45, 7) is 1.63. The molecule has 1 aromatic rings. The summed E-state index contributed by atoms with van der Waals surface area (Å²) in [6.07, 6.45) is 1.65. The van der Waals surface area contributed by atoms with E-state index in [1.807, 2.05) is 13.0 Å². The van der Waals surface area contributed by atoms with E-state index in [1.165, 1.54) is 0 Å². The third-order valence-corrected chi connectivity index (χ3v) is 2.12. The van der Waals surface area contributed by atoms with Crippen molar-refractivity contribution in [3.63, 3.8) is 0 Å².